The van der Waals surface area contributed by atoms with E-state index in [0.29, 0.717) is 19.5 Å². The van der Waals surface area contributed by atoms with Crippen LogP contribution in [-0.2, 0) is 19.1 Å². The Hall–Kier alpha value is -1.79. The van der Waals surface area contributed by atoms with Gasteiger partial charge in [0.05, 0.1) is 13.0 Å². The van der Waals surface area contributed by atoms with Crippen molar-refractivity contribution in [3.8, 4) is 0 Å². The molecule has 1 aliphatic heterocycles. The molecule has 120 valence electrons. The van der Waals surface area contributed by atoms with Crippen molar-refractivity contribution in [1.29, 1.82) is 0 Å². The van der Waals surface area contributed by atoms with Crippen molar-refractivity contribution in [3.63, 3.8) is 0 Å². The molecular formula is C14H24N2O5. The number of carbonyl (C=O) groups is 3. The number of hydrogen-bond donors (Lipinski definition) is 0. The van der Waals surface area contributed by atoms with Crippen LogP contribution in [0.15, 0.2) is 0 Å². The second kappa shape index (κ2) is 6.78. The lowest BCUT2D eigenvalue weighted by atomic mass is 10.1. The highest BCUT2D eigenvalue weighted by Crippen LogP contribution is 2.21. The molecule has 7 heteroatoms. The van der Waals surface area contributed by atoms with E-state index in [0.717, 1.165) is 0 Å². The standard InChI is InChI=1S/C14H24N2O5/c1-14(2,3)21-13(19)16-7-6-10(8-16)12(18)15(4)9-11(17)20-5/h10H,6-9H2,1-5H3/t10-/m0/s1. The highest BCUT2D eigenvalue weighted by Gasteiger charge is 2.35. The van der Waals surface area contributed by atoms with Crippen LogP contribution in [0, 0.1) is 5.92 Å². The van der Waals surface area contributed by atoms with Gasteiger partial charge in [-0.2, -0.15) is 0 Å². The summed E-state index contributed by atoms with van der Waals surface area (Å²) in [5.41, 5.74) is -0.555. The SMILES string of the molecule is COC(=O)CN(C)C(=O)[C@H]1CCN(C(=O)OC(C)(C)C)C1. The lowest BCUT2D eigenvalue weighted by Crippen LogP contribution is -2.39. The maximum Gasteiger partial charge on any atom is 0.410 e. The first-order chi connectivity index (χ1) is 9.64. The van der Waals surface area contributed by atoms with Crippen molar-refractivity contribution in [3.05, 3.63) is 0 Å². The summed E-state index contributed by atoms with van der Waals surface area (Å²) in [7, 11) is 2.83. The summed E-state index contributed by atoms with van der Waals surface area (Å²) < 4.78 is 9.81. The highest BCUT2D eigenvalue weighted by atomic mass is 16.6. The fourth-order valence-corrected chi connectivity index (χ4v) is 2.10. The third kappa shape index (κ3) is 5.24. The smallest absolute Gasteiger partial charge is 0.410 e. The Morgan fingerprint density at radius 2 is 1.90 bits per heavy atom. The molecule has 0 aromatic heterocycles. The van der Waals surface area contributed by atoms with Gasteiger partial charge in [0.2, 0.25) is 5.91 Å². The maximum absolute atomic E-state index is 12.2. The molecule has 0 N–H and O–H groups in total. The molecule has 2 amide bonds. The van der Waals surface area contributed by atoms with E-state index in [2.05, 4.69) is 4.74 Å². The Kier molecular flexibility index (Phi) is 5.57. The van der Waals surface area contributed by atoms with Crippen LogP contribution in [0.25, 0.3) is 0 Å². The number of rotatable bonds is 3. The molecule has 1 fully saturated rings. The van der Waals surface area contributed by atoms with E-state index in [-0.39, 0.29) is 18.4 Å². The fraction of sp³-hybridized carbons (Fsp3) is 0.786. The van der Waals surface area contributed by atoms with Crippen LogP contribution in [0.5, 0.6) is 0 Å². The summed E-state index contributed by atoms with van der Waals surface area (Å²) in [5.74, 6) is -0.925. The third-order valence-electron chi connectivity index (χ3n) is 3.16. The molecule has 0 aromatic carbocycles. The molecule has 21 heavy (non-hydrogen) atoms. The van der Waals surface area contributed by atoms with Gasteiger partial charge in [-0.25, -0.2) is 4.79 Å². The summed E-state index contributed by atoms with van der Waals surface area (Å²) >= 11 is 0. The quantitative estimate of drug-likeness (QED) is 0.723. The van der Waals surface area contributed by atoms with Crippen LogP contribution >= 0.6 is 0 Å². The van der Waals surface area contributed by atoms with Crippen LogP contribution in [0.2, 0.25) is 0 Å². The molecule has 0 saturated carbocycles. The summed E-state index contributed by atoms with van der Waals surface area (Å²) in [6.07, 6.45) is 0.164. The number of amides is 2. The topological polar surface area (TPSA) is 76.2 Å². The minimum Gasteiger partial charge on any atom is -0.468 e. The van der Waals surface area contributed by atoms with E-state index in [9.17, 15) is 14.4 Å². The van der Waals surface area contributed by atoms with E-state index < -0.39 is 17.7 Å². The molecule has 0 aliphatic carbocycles. The predicted octanol–water partition coefficient (Wildman–Crippen LogP) is 0.875. The van der Waals surface area contributed by atoms with Crippen LogP contribution in [0.1, 0.15) is 27.2 Å². The molecule has 0 unspecified atom stereocenters. The van der Waals surface area contributed by atoms with E-state index in [1.807, 2.05) is 0 Å². The summed E-state index contributed by atoms with van der Waals surface area (Å²) in [4.78, 5) is 38.1. The van der Waals surface area contributed by atoms with Gasteiger partial charge in [-0.15, -0.1) is 0 Å². The zero-order valence-electron chi connectivity index (χ0n) is 13.3. The Morgan fingerprint density at radius 3 is 2.43 bits per heavy atom. The number of carbonyl (C=O) groups excluding carboxylic acids is 3. The number of ether oxygens (including phenoxy) is 2. The summed E-state index contributed by atoms with van der Waals surface area (Å²) in [5, 5.41) is 0. The Bertz CT molecular complexity index is 416. The lowest BCUT2D eigenvalue weighted by Gasteiger charge is -2.24. The highest BCUT2D eigenvalue weighted by molar-refractivity contribution is 5.84. The number of esters is 1. The molecule has 7 nitrogen and oxygen atoms in total. The van der Waals surface area contributed by atoms with E-state index in [4.69, 9.17) is 4.74 Å². The molecule has 1 aliphatic rings. The number of hydrogen-bond acceptors (Lipinski definition) is 5. The molecule has 1 heterocycles. The predicted molar refractivity (Wildman–Crippen MR) is 75.6 cm³/mol. The van der Waals surface area contributed by atoms with Gasteiger partial charge in [0, 0.05) is 20.1 Å². The molecule has 0 radical (unpaired) electrons. The van der Waals surface area contributed by atoms with Crippen molar-refractivity contribution < 1.29 is 23.9 Å². The molecule has 0 aromatic rings. The van der Waals surface area contributed by atoms with E-state index >= 15 is 0 Å². The fourth-order valence-electron chi connectivity index (χ4n) is 2.10. The first kappa shape index (κ1) is 17.3. The van der Waals surface area contributed by atoms with E-state index in [1.54, 1.807) is 27.8 Å². The van der Waals surface area contributed by atoms with Crippen LogP contribution in [0.3, 0.4) is 0 Å². The third-order valence-corrected chi connectivity index (χ3v) is 3.16. The van der Waals surface area contributed by atoms with E-state index in [1.165, 1.54) is 16.9 Å². The minimum absolute atomic E-state index is 0.0850. The Balaban J connectivity index is 2.52. The van der Waals surface area contributed by atoms with Crippen molar-refractivity contribution in [2.75, 3.05) is 33.8 Å². The Morgan fingerprint density at radius 1 is 1.29 bits per heavy atom. The summed E-state index contributed by atoms with van der Waals surface area (Å²) in [6, 6.07) is 0. The number of methoxy groups -OCH3 is 1. The normalized spacial score (nSPS) is 18.3. The lowest BCUT2D eigenvalue weighted by molar-refractivity contribution is -0.147. The van der Waals surface area contributed by atoms with Crippen LogP contribution in [-0.4, -0.2) is 67.2 Å². The van der Waals surface area contributed by atoms with Crippen molar-refractivity contribution >= 4 is 18.0 Å². The van der Waals surface area contributed by atoms with Gasteiger partial charge in [-0.3, -0.25) is 9.59 Å². The molecular weight excluding hydrogens is 276 g/mol. The van der Waals surface area contributed by atoms with Crippen molar-refractivity contribution in [1.82, 2.24) is 9.80 Å². The average molecular weight is 300 g/mol. The van der Waals surface area contributed by atoms with Crippen molar-refractivity contribution in [2.24, 2.45) is 5.92 Å². The van der Waals surface area contributed by atoms with Gasteiger partial charge in [0.25, 0.3) is 0 Å². The van der Waals surface area contributed by atoms with Gasteiger partial charge in [-0.05, 0) is 27.2 Å². The van der Waals surface area contributed by atoms with Crippen LogP contribution in [0.4, 0.5) is 4.79 Å². The van der Waals surface area contributed by atoms with Gasteiger partial charge in [-0.1, -0.05) is 0 Å². The van der Waals surface area contributed by atoms with Gasteiger partial charge in [0.15, 0.2) is 0 Å². The van der Waals surface area contributed by atoms with Crippen molar-refractivity contribution in [2.45, 2.75) is 32.8 Å². The minimum atomic E-state index is -0.555. The molecule has 0 spiro atoms. The number of likely N-dealkylation sites (N-methyl/N-ethyl adjacent to an activating group) is 1. The monoisotopic (exact) mass is 300 g/mol. The summed E-state index contributed by atoms with van der Waals surface area (Å²) in [6.45, 7) is 6.12. The van der Waals surface area contributed by atoms with Gasteiger partial charge >= 0.3 is 12.1 Å². The van der Waals surface area contributed by atoms with Crippen LogP contribution < -0.4 is 0 Å². The average Bonchev–Trinajstić information content (AvgIpc) is 2.85. The zero-order valence-corrected chi connectivity index (χ0v) is 13.3. The molecule has 1 saturated heterocycles. The second-order valence-corrected chi connectivity index (χ2v) is 6.18. The second-order valence-electron chi connectivity index (χ2n) is 6.18. The maximum atomic E-state index is 12.2. The first-order valence-corrected chi connectivity index (χ1v) is 6.93. The number of nitrogens with zero attached hydrogens (tertiary/aromatic N) is 2. The number of likely N-dealkylation sites (tertiary alicyclic amines) is 1. The van der Waals surface area contributed by atoms with Gasteiger partial charge in [0.1, 0.15) is 12.1 Å². The van der Waals surface area contributed by atoms with Gasteiger partial charge < -0.3 is 19.3 Å². The largest absolute Gasteiger partial charge is 0.468 e. The molecule has 0 bridgehead atoms. The molecule has 1 atom stereocenters. The molecule has 1 rings (SSSR count). The zero-order chi connectivity index (χ0) is 16.2. The Labute approximate surface area is 125 Å². The first-order valence-electron chi connectivity index (χ1n) is 6.93.